The van der Waals surface area contributed by atoms with Gasteiger partial charge in [0, 0.05) is 31.1 Å². The predicted molar refractivity (Wildman–Crippen MR) is 163 cm³/mol. The lowest BCUT2D eigenvalue weighted by atomic mass is 10.1. The van der Waals surface area contributed by atoms with Crippen LogP contribution in [0.5, 0.6) is 5.75 Å². The second-order valence-corrected chi connectivity index (χ2v) is 9.70. The molecule has 13 heteroatoms. The summed E-state index contributed by atoms with van der Waals surface area (Å²) in [6.07, 6.45) is 0.924. The number of nitrogens with one attached hydrogen (secondary N) is 1. The number of rotatable bonds is 16. The van der Waals surface area contributed by atoms with Crippen LogP contribution in [-0.2, 0) is 33.7 Å². The van der Waals surface area contributed by atoms with Gasteiger partial charge in [-0.1, -0.05) is 49.4 Å². The molecule has 0 unspecified atom stereocenters. The van der Waals surface area contributed by atoms with Crippen molar-refractivity contribution in [2.24, 2.45) is 17.2 Å². The normalized spacial score (nSPS) is 11.9. The second kappa shape index (κ2) is 18.7. The smallest absolute Gasteiger partial charge is 0.338 e. The van der Waals surface area contributed by atoms with E-state index in [9.17, 15) is 19.5 Å². The zero-order valence-electron chi connectivity index (χ0n) is 25.1. The molecule has 13 nitrogen and oxygen atoms in total. The highest BCUT2D eigenvalue weighted by molar-refractivity contribution is 5.73. The Balaban J connectivity index is 0.000000477. The monoisotopic (exact) mass is 610 g/mol. The number of carbonyl (C=O) groups excluding carboxylic acids is 1. The van der Waals surface area contributed by atoms with Crippen LogP contribution in [0.25, 0.3) is 11.3 Å². The molecule has 44 heavy (non-hydrogen) atoms. The summed E-state index contributed by atoms with van der Waals surface area (Å²) in [6.45, 7) is 5.24. The first kappa shape index (κ1) is 35.4. The van der Waals surface area contributed by atoms with Gasteiger partial charge in [-0.15, -0.1) is 0 Å². The van der Waals surface area contributed by atoms with Crippen molar-refractivity contribution in [2.45, 2.75) is 58.2 Å². The number of ether oxygens (including phenoxy) is 2. The van der Waals surface area contributed by atoms with Crippen LogP contribution in [0.1, 0.15) is 38.1 Å². The van der Waals surface area contributed by atoms with E-state index in [2.05, 4.69) is 9.98 Å². The number of guanidine groups is 1. The van der Waals surface area contributed by atoms with Crippen molar-refractivity contribution in [3.63, 3.8) is 0 Å². The summed E-state index contributed by atoms with van der Waals surface area (Å²) in [5.74, 6) is -0.732. The molecule has 238 valence electrons. The number of hydrogen-bond donors (Lipinski definition) is 5. The van der Waals surface area contributed by atoms with Crippen LogP contribution in [0.2, 0.25) is 0 Å². The highest BCUT2D eigenvalue weighted by Crippen LogP contribution is 2.16. The van der Waals surface area contributed by atoms with Gasteiger partial charge in [-0.3, -0.25) is 30.6 Å². The molecule has 8 N–H and O–H groups in total. The molecule has 1 heterocycles. The van der Waals surface area contributed by atoms with Gasteiger partial charge in [0.05, 0.1) is 24.8 Å². The summed E-state index contributed by atoms with van der Waals surface area (Å²) in [6, 6.07) is 17.5. The highest BCUT2D eigenvalue weighted by atomic mass is 16.5. The van der Waals surface area contributed by atoms with Crippen molar-refractivity contribution >= 4 is 17.9 Å². The molecule has 3 aromatic rings. The van der Waals surface area contributed by atoms with Crippen LogP contribution in [0.4, 0.5) is 0 Å². The number of aliphatic carboxylic acids is 2. The average molecular weight is 611 g/mol. The van der Waals surface area contributed by atoms with Crippen molar-refractivity contribution in [1.29, 1.82) is 0 Å². The van der Waals surface area contributed by atoms with E-state index in [1.807, 2.05) is 37.3 Å². The SMILES string of the molecule is CCO[C@@H](Cc1ccc(OCCn2c(CC)nc(-c3ccccc3)cc2=O)cc1)C(=O)[O-].NC(N)=[NH+]CCC[C@H](N)C(=O)O. The maximum absolute atomic E-state index is 12.7. The van der Waals surface area contributed by atoms with E-state index in [4.69, 9.17) is 31.8 Å². The maximum Gasteiger partial charge on any atom is 0.338 e. The van der Waals surface area contributed by atoms with E-state index in [-0.39, 0.29) is 17.9 Å². The first-order valence-electron chi connectivity index (χ1n) is 14.4. The van der Waals surface area contributed by atoms with Crippen molar-refractivity contribution < 1.29 is 34.3 Å². The third-order valence-corrected chi connectivity index (χ3v) is 6.37. The van der Waals surface area contributed by atoms with Crippen molar-refractivity contribution in [3.05, 3.63) is 82.4 Å². The van der Waals surface area contributed by atoms with Crippen LogP contribution in [0, 0.1) is 0 Å². The lowest BCUT2D eigenvalue weighted by Gasteiger charge is -2.18. The summed E-state index contributed by atoms with van der Waals surface area (Å²) in [5.41, 5.74) is 17.7. The number of nitrogens with two attached hydrogens (primary N) is 3. The Kier molecular flexibility index (Phi) is 15.1. The van der Waals surface area contributed by atoms with Gasteiger partial charge in [0.1, 0.15) is 30.3 Å². The van der Waals surface area contributed by atoms with E-state index in [0.29, 0.717) is 62.8 Å². The molecule has 0 aliphatic carbocycles. The van der Waals surface area contributed by atoms with Gasteiger partial charge in [0.2, 0.25) is 0 Å². The minimum absolute atomic E-state index is 0.112. The Morgan fingerprint density at radius 1 is 1.09 bits per heavy atom. The fourth-order valence-corrected chi connectivity index (χ4v) is 4.10. The van der Waals surface area contributed by atoms with Gasteiger partial charge in [-0.2, -0.15) is 0 Å². The van der Waals surface area contributed by atoms with Gasteiger partial charge in [-0.25, -0.2) is 4.98 Å². The number of carboxylic acids is 2. The molecule has 0 aliphatic heterocycles. The van der Waals surface area contributed by atoms with Gasteiger partial charge < -0.3 is 30.2 Å². The molecule has 0 amide bonds. The second-order valence-electron chi connectivity index (χ2n) is 9.70. The third-order valence-electron chi connectivity index (χ3n) is 6.37. The summed E-state index contributed by atoms with van der Waals surface area (Å²) < 4.78 is 12.6. The molecule has 0 bridgehead atoms. The number of carbonyl (C=O) groups is 2. The maximum atomic E-state index is 12.7. The number of aromatic nitrogens is 2. The van der Waals surface area contributed by atoms with Crippen molar-refractivity contribution in [1.82, 2.24) is 9.55 Å². The molecule has 2 atom stereocenters. The molecule has 0 fully saturated rings. The Morgan fingerprint density at radius 3 is 2.34 bits per heavy atom. The lowest BCUT2D eigenvalue weighted by Crippen LogP contribution is -2.78. The molecule has 0 aliphatic rings. The van der Waals surface area contributed by atoms with Gasteiger partial charge in [0.25, 0.3) is 5.56 Å². The zero-order valence-corrected chi connectivity index (χ0v) is 25.1. The minimum Gasteiger partial charge on any atom is -0.547 e. The predicted octanol–water partition coefficient (Wildman–Crippen LogP) is -1.22. The summed E-state index contributed by atoms with van der Waals surface area (Å²) >= 11 is 0. The van der Waals surface area contributed by atoms with Crippen molar-refractivity contribution in [3.8, 4) is 17.0 Å². The summed E-state index contributed by atoms with van der Waals surface area (Å²) in [4.78, 5) is 41.4. The van der Waals surface area contributed by atoms with Crippen LogP contribution in [0.3, 0.4) is 0 Å². The molecule has 0 saturated heterocycles. The Bertz CT molecular complexity index is 1410. The quantitative estimate of drug-likeness (QED) is 0.0734. The number of nitrogens with zero attached hydrogens (tertiary/aromatic N) is 2. The fourth-order valence-electron chi connectivity index (χ4n) is 4.10. The minimum atomic E-state index is -1.23. The molecule has 0 saturated carbocycles. The average Bonchev–Trinajstić information content (AvgIpc) is 3.00. The lowest BCUT2D eigenvalue weighted by molar-refractivity contribution is -0.459. The van der Waals surface area contributed by atoms with Gasteiger partial charge in [-0.05, 0) is 37.5 Å². The molecular formula is C31H42N6O7. The zero-order chi connectivity index (χ0) is 32.5. The van der Waals surface area contributed by atoms with E-state index >= 15 is 0 Å². The van der Waals surface area contributed by atoms with E-state index < -0.39 is 24.1 Å². The first-order chi connectivity index (χ1) is 21.0. The molecule has 3 rings (SSSR count). The number of carboxylic acid groups (broad SMARTS) is 2. The fraction of sp³-hybridized carbons (Fsp3) is 0.387. The van der Waals surface area contributed by atoms with E-state index in [0.717, 1.165) is 11.1 Å². The number of benzene rings is 2. The Labute approximate surface area is 256 Å². The van der Waals surface area contributed by atoms with Gasteiger partial charge in [0.15, 0.2) is 0 Å². The number of aryl methyl sites for hydroxylation is 1. The Morgan fingerprint density at radius 2 is 1.77 bits per heavy atom. The summed E-state index contributed by atoms with van der Waals surface area (Å²) in [7, 11) is 0. The molecule has 0 spiro atoms. The van der Waals surface area contributed by atoms with Crippen molar-refractivity contribution in [2.75, 3.05) is 19.8 Å². The third kappa shape index (κ3) is 12.2. The van der Waals surface area contributed by atoms with E-state index in [1.165, 1.54) is 0 Å². The van der Waals surface area contributed by atoms with Crippen LogP contribution in [0.15, 0.2) is 65.5 Å². The van der Waals surface area contributed by atoms with Crippen LogP contribution < -0.4 is 37.6 Å². The topological polar surface area (TPSA) is 223 Å². The molecule has 2 aromatic carbocycles. The summed E-state index contributed by atoms with van der Waals surface area (Å²) in [5, 5.41) is 19.5. The Hall–Kier alpha value is -4.75. The van der Waals surface area contributed by atoms with Crippen LogP contribution in [-0.4, -0.2) is 64.5 Å². The highest BCUT2D eigenvalue weighted by Gasteiger charge is 2.12. The van der Waals surface area contributed by atoms with Gasteiger partial charge >= 0.3 is 11.9 Å². The molecule has 0 radical (unpaired) electrons. The largest absolute Gasteiger partial charge is 0.547 e. The van der Waals surface area contributed by atoms with E-state index in [1.54, 1.807) is 41.8 Å². The molecular weight excluding hydrogens is 568 g/mol. The molecule has 1 aromatic heterocycles. The first-order valence-corrected chi connectivity index (χ1v) is 14.4. The number of hydrogen-bond acceptors (Lipinski definition) is 8. The van der Waals surface area contributed by atoms with Crippen LogP contribution >= 0.6 is 0 Å². The standard InChI is InChI=1S/C25H28N2O5.C6H14N4O2/c1-3-23-26-21(19-8-6-5-7-9-19)17-24(28)27(23)14-15-32-20-12-10-18(11-13-20)16-22(25(29)30)31-4-2;7-4(5(11)12)2-1-3-10-6(8)9/h5-13,17,22H,3-4,14-16H2,1-2H3,(H,29,30);4H,1-3,7H2,(H,11,12)(H4,8,9,10)/t22-;4-/m00/s1.